The summed E-state index contributed by atoms with van der Waals surface area (Å²) >= 11 is 0. The van der Waals surface area contributed by atoms with E-state index in [0.29, 0.717) is 23.6 Å². The molecule has 0 aliphatic heterocycles. The maximum absolute atomic E-state index is 12.2. The van der Waals surface area contributed by atoms with Gasteiger partial charge in [-0.25, -0.2) is 4.68 Å². The fourth-order valence-electron chi connectivity index (χ4n) is 2.19. The minimum atomic E-state index is -0.263. The van der Waals surface area contributed by atoms with Crippen molar-refractivity contribution in [3.05, 3.63) is 35.7 Å². The van der Waals surface area contributed by atoms with Gasteiger partial charge >= 0.3 is 0 Å². The molecule has 2 aromatic rings. The average Bonchev–Trinajstić information content (AvgIpc) is 2.96. The third-order valence-electron chi connectivity index (χ3n) is 3.24. The van der Waals surface area contributed by atoms with Crippen molar-refractivity contribution in [2.24, 2.45) is 0 Å². The van der Waals surface area contributed by atoms with Crippen molar-refractivity contribution in [1.82, 2.24) is 25.5 Å². The van der Waals surface area contributed by atoms with Gasteiger partial charge in [-0.05, 0) is 35.5 Å². The number of amides is 2. The predicted octanol–water partition coefficient (Wildman–Crippen LogP) is 1.36. The molecule has 8 heteroatoms. The summed E-state index contributed by atoms with van der Waals surface area (Å²) < 4.78 is 1.48. The molecule has 24 heavy (non-hydrogen) atoms. The molecule has 1 heterocycles. The van der Waals surface area contributed by atoms with Crippen LogP contribution in [0.15, 0.2) is 24.3 Å². The van der Waals surface area contributed by atoms with Crippen LogP contribution in [0.1, 0.15) is 43.9 Å². The van der Waals surface area contributed by atoms with E-state index in [4.69, 9.17) is 0 Å². The Labute approximate surface area is 140 Å². The Morgan fingerprint density at radius 2 is 2.00 bits per heavy atom. The van der Waals surface area contributed by atoms with Gasteiger partial charge < -0.3 is 10.6 Å². The van der Waals surface area contributed by atoms with Crippen LogP contribution in [0.4, 0.5) is 5.69 Å². The van der Waals surface area contributed by atoms with Crippen molar-refractivity contribution >= 4 is 17.5 Å². The van der Waals surface area contributed by atoms with Crippen molar-refractivity contribution < 1.29 is 9.59 Å². The molecule has 0 spiro atoms. The lowest BCUT2D eigenvalue weighted by atomic mass is 9.96. The normalized spacial score (nSPS) is 11.2. The lowest BCUT2D eigenvalue weighted by Crippen LogP contribution is -2.26. The lowest BCUT2D eigenvalue weighted by Gasteiger charge is -2.16. The molecular formula is C16H22N6O2. The van der Waals surface area contributed by atoms with Crippen LogP contribution in [-0.2, 0) is 16.8 Å². The monoisotopic (exact) mass is 330 g/mol. The average molecular weight is 330 g/mol. The summed E-state index contributed by atoms with van der Waals surface area (Å²) in [7, 11) is 0. The van der Waals surface area contributed by atoms with Crippen LogP contribution in [0.5, 0.6) is 0 Å². The van der Waals surface area contributed by atoms with E-state index >= 15 is 0 Å². The minimum Gasteiger partial charge on any atom is -0.352 e. The Morgan fingerprint density at radius 1 is 1.25 bits per heavy atom. The number of rotatable bonds is 5. The topological polar surface area (TPSA) is 102 Å². The van der Waals surface area contributed by atoms with Crippen molar-refractivity contribution in [1.29, 1.82) is 0 Å². The highest BCUT2D eigenvalue weighted by Gasteiger charge is 2.23. The molecule has 2 amide bonds. The zero-order valence-corrected chi connectivity index (χ0v) is 14.3. The number of nitrogens with one attached hydrogen (secondary N) is 2. The fraction of sp³-hybridized carbons (Fsp3) is 0.438. The summed E-state index contributed by atoms with van der Waals surface area (Å²) in [4.78, 5) is 24.1. The van der Waals surface area contributed by atoms with Crippen LogP contribution in [0.25, 0.3) is 0 Å². The van der Waals surface area contributed by atoms with Gasteiger partial charge in [-0.2, -0.15) is 0 Å². The van der Waals surface area contributed by atoms with Gasteiger partial charge in [0.25, 0.3) is 5.91 Å². The second-order valence-corrected chi connectivity index (χ2v) is 6.40. The molecule has 1 aromatic carbocycles. The number of anilines is 1. The van der Waals surface area contributed by atoms with Crippen molar-refractivity contribution in [2.45, 2.75) is 39.7 Å². The SMILES string of the molecule is CCNC(=O)c1cccc(NC(=O)Cn2nnnc2C(C)(C)C)c1. The van der Waals surface area contributed by atoms with Crippen molar-refractivity contribution in [2.75, 3.05) is 11.9 Å². The minimum absolute atomic E-state index is 0.00495. The smallest absolute Gasteiger partial charge is 0.251 e. The zero-order chi connectivity index (χ0) is 17.7. The first-order valence-corrected chi connectivity index (χ1v) is 7.76. The molecule has 8 nitrogen and oxygen atoms in total. The van der Waals surface area contributed by atoms with Gasteiger partial charge in [0, 0.05) is 23.2 Å². The first-order chi connectivity index (χ1) is 11.3. The first-order valence-electron chi connectivity index (χ1n) is 7.76. The van der Waals surface area contributed by atoms with Crippen molar-refractivity contribution in [3.8, 4) is 0 Å². The first kappa shape index (κ1) is 17.6. The van der Waals surface area contributed by atoms with E-state index in [2.05, 4.69) is 26.2 Å². The molecule has 0 bridgehead atoms. The third kappa shape index (κ3) is 4.37. The molecule has 0 aliphatic rings. The summed E-state index contributed by atoms with van der Waals surface area (Å²) in [6.07, 6.45) is 0. The number of nitrogens with zero attached hydrogens (tertiary/aromatic N) is 4. The summed E-state index contributed by atoms with van der Waals surface area (Å²) in [6, 6.07) is 6.77. The van der Waals surface area contributed by atoms with E-state index in [1.54, 1.807) is 24.3 Å². The molecule has 2 N–H and O–H groups in total. The van der Waals surface area contributed by atoms with Gasteiger partial charge in [-0.15, -0.1) is 5.10 Å². The van der Waals surface area contributed by atoms with Crippen LogP contribution in [0, 0.1) is 0 Å². The second-order valence-electron chi connectivity index (χ2n) is 6.40. The lowest BCUT2D eigenvalue weighted by molar-refractivity contribution is -0.117. The van der Waals surface area contributed by atoms with E-state index < -0.39 is 0 Å². The highest BCUT2D eigenvalue weighted by atomic mass is 16.2. The Bertz CT molecular complexity index is 732. The number of carbonyl (C=O) groups excluding carboxylic acids is 2. The highest BCUT2D eigenvalue weighted by molar-refractivity contribution is 5.97. The Hall–Kier alpha value is -2.77. The van der Waals surface area contributed by atoms with Gasteiger partial charge in [0.05, 0.1) is 0 Å². The van der Waals surface area contributed by atoms with Crippen LogP contribution in [0.3, 0.4) is 0 Å². The molecule has 0 saturated carbocycles. The number of aromatic nitrogens is 4. The number of tetrazole rings is 1. The molecule has 0 radical (unpaired) electrons. The molecular weight excluding hydrogens is 308 g/mol. The summed E-state index contributed by atoms with van der Waals surface area (Å²) in [6.45, 7) is 8.33. The molecule has 0 aliphatic carbocycles. The Kier molecular flexibility index (Phi) is 5.28. The fourth-order valence-corrected chi connectivity index (χ4v) is 2.19. The van der Waals surface area contributed by atoms with Gasteiger partial charge in [0.2, 0.25) is 5.91 Å². The number of carbonyl (C=O) groups is 2. The zero-order valence-electron chi connectivity index (χ0n) is 14.3. The van der Waals surface area contributed by atoms with E-state index in [9.17, 15) is 9.59 Å². The summed E-state index contributed by atoms with van der Waals surface area (Å²) in [5.74, 6) is 0.193. The number of hydrogen-bond donors (Lipinski definition) is 2. The standard InChI is InChI=1S/C16H22N6O2/c1-5-17-14(24)11-7-6-8-12(9-11)18-13(23)10-22-15(16(2,3)4)19-20-21-22/h6-9H,5,10H2,1-4H3,(H,17,24)(H,18,23). The molecule has 128 valence electrons. The van der Waals surface area contributed by atoms with Gasteiger partial charge in [-0.1, -0.05) is 26.8 Å². The quantitative estimate of drug-likeness (QED) is 0.862. The molecule has 2 rings (SSSR count). The van der Waals surface area contributed by atoms with E-state index in [1.807, 2.05) is 27.7 Å². The van der Waals surface area contributed by atoms with Gasteiger partial charge in [0.1, 0.15) is 6.54 Å². The van der Waals surface area contributed by atoms with Gasteiger partial charge in [-0.3, -0.25) is 9.59 Å². The molecule has 1 aromatic heterocycles. The Balaban J connectivity index is 2.07. The molecule has 0 saturated heterocycles. The van der Waals surface area contributed by atoms with Crippen LogP contribution in [0.2, 0.25) is 0 Å². The number of benzene rings is 1. The molecule has 0 atom stereocenters. The Morgan fingerprint density at radius 3 is 2.67 bits per heavy atom. The molecule has 0 fully saturated rings. The maximum Gasteiger partial charge on any atom is 0.251 e. The summed E-state index contributed by atoms with van der Waals surface area (Å²) in [5, 5.41) is 17.0. The maximum atomic E-state index is 12.2. The third-order valence-corrected chi connectivity index (χ3v) is 3.24. The van der Waals surface area contributed by atoms with E-state index in [-0.39, 0.29) is 23.8 Å². The van der Waals surface area contributed by atoms with E-state index in [0.717, 1.165) is 0 Å². The van der Waals surface area contributed by atoms with Crippen LogP contribution in [-0.4, -0.2) is 38.6 Å². The number of hydrogen-bond acceptors (Lipinski definition) is 5. The van der Waals surface area contributed by atoms with E-state index in [1.165, 1.54) is 4.68 Å². The van der Waals surface area contributed by atoms with Crippen LogP contribution >= 0.6 is 0 Å². The summed E-state index contributed by atoms with van der Waals surface area (Å²) in [5.41, 5.74) is 0.781. The van der Waals surface area contributed by atoms with Gasteiger partial charge in [0.15, 0.2) is 5.82 Å². The predicted molar refractivity (Wildman–Crippen MR) is 89.6 cm³/mol. The second kappa shape index (κ2) is 7.20. The largest absolute Gasteiger partial charge is 0.352 e. The molecule has 0 unspecified atom stereocenters. The van der Waals surface area contributed by atoms with Crippen molar-refractivity contribution in [3.63, 3.8) is 0 Å². The highest BCUT2D eigenvalue weighted by Crippen LogP contribution is 2.18. The van der Waals surface area contributed by atoms with Crippen LogP contribution < -0.4 is 10.6 Å².